The topological polar surface area (TPSA) is 112 Å². The summed E-state index contributed by atoms with van der Waals surface area (Å²) in [5, 5.41) is 10.5. The number of nitrogens with zero attached hydrogens (tertiary/aromatic N) is 4. The molecule has 0 aliphatic heterocycles. The first-order valence-corrected chi connectivity index (χ1v) is 9.04. The molecule has 0 fully saturated rings. The molecule has 0 spiro atoms. The lowest BCUT2D eigenvalue weighted by Crippen LogP contribution is -2.11. The molecule has 0 bridgehead atoms. The first kappa shape index (κ1) is 20.5. The van der Waals surface area contributed by atoms with Gasteiger partial charge in [-0.05, 0) is 12.1 Å². The third-order valence-electron chi connectivity index (χ3n) is 4.23. The third kappa shape index (κ3) is 5.18. The van der Waals surface area contributed by atoms with Crippen LogP contribution >= 0.6 is 0 Å². The van der Waals surface area contributed by atoms with Crippen LogP contribution in [-0.4, -0.2) is 40.6 Å². The molecule has 1 aromatic carbocycles. The number of rotatable bonds is 10. The molecule has 154 valence electrons. The normalized spacial score (nSPS) is 10.8. The molecular weight excluding hydrogens is 377 g/mol. The van der Waals surface area contributed by atoms with Crippen LogP contribution in [0.4, 0.5) is 21.8 Å². The van der Waals surface area contributed by atoms with Gasteiger partial charge in [-0.2, -0.15) is 10.1 Å². The Kier molecular flexibility index (Phi) is 6.93. The zero-order valence-electron chi connectivity index (χ0n) is 16.4. The summed E-state index contributed by atoms with van der Waals surface area (Å²) in [6, 6.07) is 4.69. The molecule has 3 rings (SSSR count). The van der Waals surface area contributed by atoms with E-state index in [1.165, 1.54) is 13.2 Å². The molecule has 29 heavy (non-hydrogen) atoms. The summed E-state index contributed by atoms with van der Waals surface area (Å²) in [7, 11) is 3.14. The van der Waals surface area contributed by atoms with Crippen LogP contribution in [0.1, 0.15) is 11.1 Å². The van der Waals surface area contributed by atoms with Crippen molar-refractivity contribution in [3.8, 4) is 5.75 Å². The quantitative estimate of drug-likeness (QED) is 0.474. The first-order chi connectivity index (χ1) is 14.1. The highest BCUT2D eigenvalue weighted by molar-refractivity contribution is 5.55. The SMILES string of the molecule is COCCn1cc(Nc2ncc(CN)c(NCc3c(F)cccc3OC)n2)cn1. The fourth-order valence-corrected chi connectivity index (χ4v) is 2.71. The van der Waals surface area contributed by atoms with Crippen molar-refractivity contribution in [1.82, 2.24) is 19.7 Å². The van der Waals surface area contributed by atoms with Crippen molar-refractivity contribution >= 4 is 17.5 Å². The molecule has 0 radical (unpaired) electrons. The fourth-order valence-electron chi connectivity index (χ4n) is 2.71. The van der Waals surface area contributed by atoms with Gasteiger partial charge in [0.05, 0.1) is 32.1 Å². The molecule has 2 heterocycles. The number of methoxy groups -OCH3 is 2. The predicted octanol–water partition coefficient (Wildman–Crippen LogP) is 2.28. The fraction of sp³-hybridized carbons (Fsp3) is 0.316. The van der Waals surface area contributed by atoms with E-state index >= 15 is 0 Å². The molecule has 0 saturated carbocycles. The molecule has 0 aliphatic rings. The van der Waals surface area contributed by atoms with Crippen LogP contribution < -0.4 is 21.1 Å². The Morgan fingerprint density at radius 1 is 1.24 bits per heavy atom. The van der Waals surface area contributed by atoms with E-state index in [0.29, 0.717) is 41.8 Å². The van der Waals surface area contributed by atoms with E-state index in [2.05, 4.69) is 25.7 Å². The Morgan fingerprint density at radius 3 is 2.86 bits per heavy atom. The Bertz CT molecular complexity index is 948. The molecule has 2 aromatic heterocycles. The Labute approximate surface area is 168 Å². The monoisotopic (exact) mass is 401 g/mol. The zero-order valence-corrected chi connectivity index (χ0v) is 16.4. The molecule has 3 aromatic rings. The molecule has 10 heteroatoms. The summed E-state index contributed by atoms with van der Waals surface area (Å²) in [6.07, 6.45) is 5.13. The van der Waals surface area contributed by atoms with E-state index in [4.69, 9.17) is 15.2 Å². The zero-order chi connectivity index (χ0) is 20.6. The van der Waals surface area contributed by atoms with Crippen molar-refractivity contribution in [1.29, 1.82) is 0 Å². The highest BCUT2D eigenvalue weighted by Gasteiger charge is 2.12. The molecule has 4 N–H and O–H groups in total. The summed E-state index contributed by atoms with van der Waals surface area (Å²) < 4.78 is 26.2. The summed E-state index contributed by atoms with van der Waals surface area (Å²) in [5.74, 6) is 0.989. The van der Waals surface area contributed by atoms with Crippen LogP contribution in [0, 0.1) is 5.82 Å². The molecule has 0 atom stereocenters. The number of aromatic nitrogens is 4. The van der Waals surface area contributed by atoms with Gasteiger partial charge in [0.15, 0.2) is 0 Å². The van der Waals surface area contributed by atoms with Crippen molar-refractivity contribution < 1.29 is 13.9 Å². The minimum atomic E-state index is -0.359. The molecule has 0 unspecified atom stereocenters. The number of anilines is 3. The van der Waals surface area contributed by atoms with Gasteiger partial charge in [-0.3, -0.25) is 4.68 Å². The van der Waals surface area contributed by atoms with E-state index in [1.54, 1.807) is 36.3 Å². The van der Waals surface area contributed by atoms with Gasteiger partial charge in [0.1, 0.15) is 17.4 Å². The van der Waals surface area contributed by atoms with Crippen LogP contribution in [0.5, 0.6) is 5.75 Å². The van der Waals surface area contributed by atoms with Gasteiger partial charge in [-0.15, -0.1) is 0 Å². The molecule has 0 aliphatic carbocycles. The number of halogens is 1. The lowest BCUT2D eigenvalue weighted by Gasteiger charge is -2.14. The Balaban J connectivity index is 1.74. The maximum atomic E-state index is 14.2. The van der Waals surface area contributed by atoms with Gasteiger partial charge in [0.2, 0.25) is 5.95 Å². The largest absolute Gasteiger partial charge is 0.496 e. The van der Waals surface area contributed by atoms with Crippen LogP contribution in [-0.2, 0) is 24.4 Å². The number of benzene rings is 1. The molecule has 9 nitrogen and oxygen atoms in total. The summed E-state index contributed by atoms with van der Waals surface area (Å²) >= 11 is 0. The lowest BCUT2D eigenvalue weighted by molar-refractivity contribution is 0.183. The minimum absolute atomic E-state index is 0.189. The van der Waals surface area contributed by atoms with Crippen LogP contribution in [0.2, 0.25) is 0 Å². The van der Waals surface area contributed by atoms with E-state index in [-0.39, 0.29) is 18.9 Å². The number of nitrogens with two attached hydrogens (primary N) is 1. The maximum absolute atomic E-state index is 14.2. The van der Waals surface area contributed by atoms with Crippen molar-refractivity contribution in [2.45, 2.75) is 19.6 Å². The second kappa shape index (κ2) is 9.80. The Morgan fingerprint density at radius 2 is 2.10 bits per heavy atom. The van der Waals surface area contributed by atoms with E-state index in [1.807, 2.05) is 6.20 Å². The molecule has 0 saturated heterocycles. The van der Waals surface area contributed by atoms with Gasteiger partial charge in [-0.1, -0.05) is 6.07 Å². The van der Waals surface area contributed by atoms with Crippen molar-refractivity contribution in [3.05, 3.63) is 53.7 Å². The third-order valence-corrected chi connectivity index (χ3v) is 4.23. The number of hydrogen-bond acceptors (Lipinski definition) is 8. The molecule has 0 amide bonds. The summed E-state index contributed by atoms with van der Waals surface area (Å²) in [4.78, 5) is 8.75. The average molecular weight is 401 g/mol. The van der Waals surface area contributed by atoms with Crippen molar-refractivity contribution in [2.24, 2.45) is 5.73 Å². The number of ether oxygens (including phenoxy) is 2. The van der Waals surface area contributed by atoms with Crippen LogP contribution in [0.25, 0.3) is 0 Å². The standard InChI is InChI=1S/C19H24FN7O2/c1-28-7-6-27-12-14(10-24-27)25-19-23-9-13(8-21)18(26-19)22-11-15-16(20)4-3-5-17(15)29-2/h3-5,9-10,12H,6-8,11,21H2,1-2H3,(H2,22,23,25,26). The predicted molar refractivity (Wildman–Crippen MR) is 108 cm³/mol. The van der Waals surface area contributed by atoms with Gasteiger partial charge in [-0.25, -0.2) is 9.37 Å². The first-order valence-electron chi connectivity index (χ1n) is 9.04. The number of hydrogen-bond donors (Lipinski definition) is 3. The Hall–Kier alpha value is -3.24. The second-order valence-corrected chi connectivity index (χ2v) is 6.16. The van der Waals surface area contributed by atoms with Crippen molar-refractivity contribution in [3.63, 3.8) is 0 Å². The summed E-state index contributed by atoms with van der Waals surface area (Å²) in [6.45, 7) is 1.64. The van der Waals surface area contributed by atoms with Gasteiger partial charge in [0, 0.05) is 43.7 Å². The van der Waals surface area contributed by atoms with Gasteiger partial charge >= 0.3 is 0 Å². The number of nitrogens with one attached hydrogen (secondary N) is 2. The average Bonchev–Trinajstić information content (AvgIpc) is 3.18. The van der Waals surface area contributed by atoms with Crippen molar-refractivity contribution in [2.75, 3.05) is 31.5 Å². The van der Waals surface area contributed by atoms with Gasteiger partial charge in [0.25, 0.3) is 0 Å². The van der Waals surface area contributed by atoms with Gasteiger partial charge < -0.3 is 25.8 Å². The highest BCUT2D eigenvalue weighted by atomic mass is 19.1. The van der Waals surface area contributed by atoms with E-state index in [9.17, 15) is 4.39 Å². The second-order valence-electron chi connectivity index (χ2n) is 6.16. The minimum Gasteiger partial charge on any atom is -0.496 e. The lowest BCUT2D eigenvalue weighted by atomic mass is 10.2. The molecular formula is C19H24FN7O2. The van der Waals surface area contributed by atoms with Crippen LogP contribution in [0.15, 0.2) is 36.8 Å². The van der Waals surface area contributed by atoms with E-state index < -0.39 is 0 Å². The van der Waals surface area contributed by atoms with Crippen LogP contribution in [0.3, 0.4) is 0 Å². The highest BCUT2D eigenvalue weighted by Crippen LogP contribution is 2.23. The smallest absolute Gasteiger partial charge is 0.229 e. The summed E-state index contributed by atoms with van der Waals surface area (Å²) in [5.41, 5.74) is 7.65. The van der Waals surface area contributed by atoms with E-state index in [0.717, 1.165) is 5.69 Å². The maximum Gasteiger partial charge on any atom is 0.229 e.